The maximum atomic E-state index is 14.9. The minimum atomic E-state index is -0.788. The Morgan fingerprint density at radius 2 is 1.76 bits per heavy atom. The number of nitrogens with zero attached hydrogens (tertiary/aromatic N) is 1. The van der Waals surface area contributed by atoms with E-state index in [0.717, 1.165) is 30.8 Å². The number of benzene rings is 2. The fourth-order valence-electron chi connectivity index (χ4n) is 5.08. The van der Waals surface area contributed by atoms with Gasteiger partial charge < -0.3 is 14.8 Å². The van der Waals surface area contributed by atoms with E-state index in [4.69, 9.17) is 9.47 Å². The lowest BCUT2D eigenvalue weighted by Gasteiger charge is -2.30. The average Bonchev–Trinajstić information content (AvgIpc) is 2.95. The lowest BCUT2D eigenvalue weighted by molar-refractivity contribution is -0.145. The third-order valence-electron chi connectivity index (χ3n) is 7.26. The van der Waals surface area contributed by atoms with Gasteiger partial charge in [-0.25, -0.2) is 17.6 Å². The third-order valence-corrected chi connectivity index (χ3v) is 7.26. The summed E-state index contributed by atoms with van der Waals surface area (Å²) in [5.41, 5.74) is 1.54. The lowest BCUT2D eigenvalue weighted by Crippen LogP contribution is -2.49. The molecule has 1 saturated heterocycles. The van der Waals surface area contributed by atoms with Crippen LogP contribution in [-0.2, 0) is 31.9 Å². The molecule has 0 aliphatic carbocycles. The second kappa shape index (κ2) is 15.0. The molecule has 2 aromatic carbocycles. The van der Waals surface area contributed by atoms with E-state index in [1.54, 1.807) is 0 Å². The largest absolute Gasteiger partial charge is 0.464 e. The van der Waals surface area contributed by atoms with E-state index in [0.29, 0.717) is 49.1 Å². The molecule has 0 spiro atoms. The first-order chi connectivity index (χ1) is 20.2. The Bertz CT molecular complexity index is 1340. The van der Waals surface area contributed by atoms with Gasteiger partial charge >= 0.3 is 5.97 Å². The molecule has 6 nitrogen and oxygen atoms in total. The summed E-state index contributed by atoms with van der Waals surface area (Å²) in [5.74, 6) is -3.86. The van der Waals surface area contributed by atoms with Gasteiger partial charge in [-0.1, -0.05) is 19.1 Å². The summed E-state index contributed by atoms with van der Waals surface area (Å²) in [6.45, 7) is 2.97. The van der Waals surface area contributed by atoms with E-state index < -0.39 is 29.2 Å². The number of ketones is 1. The molecule has 0 amide bonds. The van der Waals surface area contributed by atoms with E-state index >= 15 is 0 Å². The molecule has 1 aliphatic heterocycles. The molecular weight excluding hydrogens is 552 g/mol. The van der Waals surface area contributed by atoms with Gasteiger partial charge in [0.05, 0.1) is 24.9 Å². The van der Waals surface area contributed by atoms with Crippen LogP contribution in [0.5, 0.6) is 0 Å². The molecular formula is C32H34F4N2O4. The first-order valence-corrected chi connectivity index (χ1v) is 14.1. The number of Topliss-reactive ketones (excluding diaryl/α,β-unsaturated/α-hetero) is 1. The van der Waals surface area contributed by atoms with Gasteiger partial charge in [0.2, 0.25) is 0 Å². The first kappa shape index (κ1) is 31.3. The number of hydrogen-bond acceptors (Lipinski definition) is 6. The van der Waals surface area contributed by atoms with Crippen LogP contribution in [0.15, 0.2) is 54.9 Å². The Morgan fingerprint density at radius 1 is 1.02 bits per heavy atom. The Hall–Kier alpha value is -3.63. The van der Waals surface area contributed by atoms with Crippen molar-refractivity contribution in [2.45, 2.75) is 63.5 Å². The number of nitrogens with one attached hydrogen (secondary N) is 1. The number of esters is 1. The quantitative estimate of drug-likeness (QED) is 0.208. The first-order valence-electron chi connectivity index (χ1n) is 14.1. The number of aromatic nitrogens is 1. The van der Waals surface area contributed by atoms with Crippen molar-refractivity contribution in [3.8, 4) is 0 Å². The molecule has 2 heterocycles. The Kier molecular flexibility index (Phi) is 11.2. The fourth-order valence-corrected chi connectivity index (χ4v) is 5.08. The van der Waals surface area contributed by atoms with Gasteiger partial charge in [-0.2, -0.15) is 0 Å². The van der Waals surface area contributed by atoms with Crippen molar-refractivity contribution in [2.75, 3.05) is 19.8 Å². The van der Waals surface area contributed by atoms with Crippen LogP contribution in [0.1, 0.15) is 60.8 Å². The number of halogens is 4. The van der Waals surface area contributed by atoms with Gasteiger partial charge in [-0.15, -0.1) is 0 Å². The minimum absolute atomic E-state index is 0.117. The van der Waals surface area contributed by atoms with Crippen LogP contribution < -0.4 is 5.32 Å². The van der Waals surface area contributed by atoms with Crippen LogP contribution >= 0.6 is 0 Å². The fraction of sp³-hybridized carbons (Fsp3) is 0.406. The van der Waals surface area contributed by atoms with Crippen LogP contribution in [-0.4, -0.2) is 48.6 Å². The molecule has 4 rings (SSSR count). The van der Waals surface area contributed by atoms with Crippen molar-refractivity contribution in [1.82, 2.24) is 10.3 Å². The smallest absolute Gasteiger partial charge is 0.305 e. The summed E-state index contributed by atoms with van der Waals surface area (Å²) in [4.78, 5) is 28.8. The molecule has 1 fully saturated rings. The van der Waals surface area contributed by atoms with E-state index in [1.165, 1.54) is 30.5 Å². The van der Waals surface area contributed by atoms with Crippen LogP contribution in [0.25, 0.3) is 0 Å². The second-order valence-electron chi connectivity index (χ2n) is 10.5. The zero-order valence-corrected chi connectivity index (χ0v) is 23.4. The average molecular weight is 587 g/mol. The molecule has 3 atom stereocenters. The van der Waals surface area contributed by atoms with E-state index in [2.05, 4.69) is 10.3 Å². The molecule has 1 N–H and O–H groups in total. The monoisotopic (exact) mass is 586 g/mol. The summed E-state index contributed by atoms with van der Waals surface area (Å²) in [6, 6.07) is 8.32. The van der Waals surface area contributed by atoms with Crippen LogP contribution in [0.3, 0.4) is 0 Å². The number of carbonyl (C=O) groups excluding carboxylic acids is 2. The van der Waals surface area contributed by atoms with Crippen molar-refractivity contribution in [1.29, 1.82) is 0 Å². The summed E-state index contributed by atoms with van der Waals surface area (Å²) >= 11 is 0. The number of hydrogen-bond donors (Lipinski definition) is 1. The predicted octanol–water partition coefficient (Wildman–Crippen LogP) is 5.60. The summed E-state index contributed by atoms with van der Waals surface area (Å²) < 4.78 is 67.7. The molecule has 224 valence electrons. The predicted molar refractivity (Wildman–Crippen MR) is 148 cm³/mol. The highest BCUT2D eigenvalue weighted by molar-refractivity contribution is 5.82. The Morgan fingerprint density at radius 3 is 2.43 bits per heavy atom. The SMILES string of the molecule is CCCC(=O)OC[C@@H]1CO[C@H](CCc2c(F)cncc2CC(=O)C[C@@H](c2ccc(F)cc2)c2cc(F)cc(F)c2)CN1. The van der Waals surface area contributed by atoms with Crippen molar-refractivity contribution in [2.24, 2.45) is 0 Å². The van der Waals surface area contributed by atoms with Gasteiger partial charge in [0.15, 0.2) is 0 Å². The number of carbonyl (C=O) groups is 2. The van der Waals surface area contributed by atoms with E-state index in [-0.39, 0.29) is 48.9 Å². The molecule has 3 aromatic rings. The van der Waals surface area contributed by atoms with Crippen molar-refractivity contribution >= 4 is 11.8 Å². The zero-order chi connectivity index (χ0) is 30.1. The normalized spacial score (nSPS) is 17.5. The van der Waals surface area contributed by atoms with Gasteiger partial charge in [0.25, 0.3) is 0 Å². The minimum Gasteiger partial charge on any atom is -0.464 e. The lowest BCUT2D eigenvalue weighted by atomic mass is 9.85. The summed E-state index contributed by atoms with van der Waals surface area (Å²) in [7, 11) is 0. The zero-order valence-electron chi connectivity index (χ0n) is 23.4. The molecule has 0 bridgehead atoms. The Labute approximate surface area is 242 Å². The highest BCUT2D eigenvalue weighted by Crippen LogP contribution is 2.31. The van der Waals surface area contributed by atoms with Crippen LogP contribution in [0.2, 0.25) is 0 Å². The number of rotatable bonds is 13. The summed E-state index contributed by atoms with van der Waals surface area (Å²) in [5, 5.41) is 3.29. The maximum Gasteiger partial charge on any atom is 0.305 e. The molecule has 1 aromatic heterocycles. The van der Waals surface area contributed by atoms with E-state index in [9.17, 15) is 27.2 Å². The number of morpholine rings is 1. The van der Waals surface area contributed by atoms with Gasteiger partial charge in [-0.05, 0) is 65.8 Å². The van der Waals surface area contributed by atoms with Crippen molar-refractivity contribution in [3.63, 3.8) is 0 Å². The van der Waals surface area contributed by atoms with E-state index in [1.807, 2.05) is 6.92 Å². The van der Waals surface area contributed by atoms with Crippen LogP contribution in [0.4, 0.5) is 17.6 Å². The Balaban J connectivity index is 1.39. The molecule has 0 unspecified atom stereocenters. The van der Waals surface area contributed by atoms with Crippen LogP contribution in [0, 0.1) is 23.3 Å². The highest BCUT2D eigenvalue weighted by atomic mass is 19.1. The van der Waals surface area contributed by atoms with Crippen molar-refractivity contribution in [3.05, 3.63) is 100 Å². The molecule has 42 heavy (non-hydrogen) atoms. The van der Waals surface area contributed by atoms with Gasteiger partial charge in [0.1, 0.15) is 35.7 Å². The molecule has 0 saturated carbocycles. The standard InChI is InChI=1S/C32H34F4N2O4/c1-2-3-32(40)42-19-26-18-41-28(16-38-26)8-9-29-22(15-37-17-31(29)36)12-27(39)14-30(20-4-6-23(33)7-5-20)21-10-24(34)13-25(35)11-21/h4-7,10-11,13,15,17,26,28,30,38H,2-3,8-9,12,14,16,18-19H2,1H3/t26-,28+,30-/m0/s1. The second-order valence-corrected chi connectivity index (χ2v) is 10.5. The molecule has 1 aliphatic rings. The summed E-state index contributed by atoms with van der Waals surface area (Å²) in [6.07, 6.45) is 3.95. The van der Waals surface area contributed by atoms with Crippen molar-refractivity contribution < 1.29 is 36.6 Å². The molecule has 0 radical (unpaired) electrons. The highest BCUT2D eigenvalue weighted by Gasteiger charge is 2.25. The number of pyridine rings is 1. The molecule has 10 heteroatoms. The van der Waals surface area contributed by atoms with Gasteiger partial charge in [-0.3, -0.25) is 14.6 Å². The van der Waals surface area contributed by atoms with Gasteiger partial charge in [0, 0.05) is 44.0 Å². The third kappa shape index (κ3) is 8.93. The topological polar surface area (TPSA) is 77.5 Å². The maximum absolute atomic E-state index is 14.9. The number of ether oxygens (including phenoxy) is 2.